The fraction of sp³-hybridized carbons (Fsp3) is 0.700. The van der Waals surface area contributed by atoms with Crippen LogP contribution in [0.5, 0.6) is 5.75 Å². The Hall–Kier alpha value is -0.950. The molecule has 6 heteroatoms. The van der Waals surface area contributed by atoms with Gasteiger partial charge >= 0.3 is 0 Å². The van der Waals surface area contributed by atoms with Crippen LogP contribution in [-0.2, 0) is 15.3 Å². The Kier molecular flexibility index (Phi) is 9.05. The Bertz CT molecular complexity index is 542. The van der Waals surface area contributed by atoms with E-state index in [0.717, 1.165) is 64.2 Å². The molecule has 0 aromatic heterocycles. The second kappa shape index (κ2) is 11.0. The Morgan fingerprint density at radius 2 is 1.85 bits per heavy atom. The van der Waals surface area contributed by atoms with Gasteiger partial charge in [-0.05, 0) is 51.0 Å². The Balaban J connectivity index is 1.78. The van der Waals surface area contributed by atoms with Gasteiger partial charge in [-0.2, -0.15) is 0 Å². The minimum Gasteiger partial charge on any atom is -0.488 e. The molecule has 148 valence electrons. The summed E-state index contributed by atoms with van der Waals surface area (Å²) >= 11 is -1.39. The summed E-state index contributed by atoms with van der Waals surface area (Å²) in [6.07, 6.45) is 4.16. The first kappa shape index (κ1) is 21.4. The molecule has 0 saturated carbocycles. The van der Waals surface area contributed by atoms with Gasteiger partial charge in [0.05, 0.1) is 11.5 Å². The van der Waals surface area contributed by atoms with Gasteiger partial charge in [0.1, 0.15) is 11.4 Å². The maximum atomic E-state index is 12.1. The van der Waals surface area contributed by atoms with Crippen molar-refractivity contribution < 1.29 is 13.1 Å². The lowest BCUT2D eigenvalue weighted by atomic mass is 10.0. The van der Waals surface area contributed by atoms with Crippen LogP contribution < -0.4 is 10.1 Å². The van der Waals surface area contributed by atoms with E-state index in [1.807, 2.05) is 24.3 Å². The molecular weight excluding hydrogens is 348 g/mol. The zero-order valence-corrected chi connectivity index (χ0v) is 17.3. The van der Waals surface area contributed by atoms with Gasteiger partial charge in [0.15, 0.2) is 11.1 Å². The maximum absolute atomic E-state index is 12.1. The molecule has 1 N–H and O–H groups in total. The SMILES string of the molecule is CCCCCOS(=O)c1ccc(OC(C)(C)CCN2CCNCC2)cc1. The molecule has 1 unspecified atom stereocenters. The highest BCUT2D eigenvalue weighted by Crippen LogP contribution is 2.23. The van der Waals surface area contributed by atoms with Crippen LogP contribution in [-0.4, -0.2) is 54.0 Å². The van der Waals surface area contributed by atoms with Crippen LogP contribution >= 0.6 is 0 Å². The number of nitrogens with zero attached hydrogens (tertiary/aromatic N) is 1. The molecular formula is C20H34N2O3S. The molecule has 1 atom stereocenters. The summed E-state index contributed by atoms with van der Waals surface area (Å²) in [6.45, 7) is 12.3. The number of piperazine rings is 1. The van der Waals surface area contributed by atoms with Crippen molar-refractivity contribution in [3.8, 4) is 5.75 Å². The van der Waals surface area contributed by atoms with E-state index >= 15 is 0 Å². The lowest BCUT2D eigenvalue weighted by Gasteiger charge is -2.32. The molecule has 0 aliphatic carbocycles. The molecule has 5 nitrogen and oxygen atoms in total. The third-order valence-electron chi connectivity index (χ3n) is 4.59. The van der Waals surface area contributed by atoms with Gasteiger partial charge in [0.2, 0.25) is 0 Å². The Morgan fingerprint density at radius 1 is 1.15 bits per heavy atom. The number of hydrogen-bond donors (Lipinski definition) is 1. The highest BCUT2D eigenvalue weighted by molar-refractivity contribution is 7.80. The monoisotopic (exact) mass is 382 g/mol. The topological polar surface area (TPSA) is 50.8 Å². The zero-order chi connectivity index (χ0) is 18.8. The van der Waals surface area contributed by atoms with E-state index in [1.54, 1.807) is 0 Å². The second-order valence-corrected chi connectivity index (χ2v) is 8.62. The van der Waals surface area contributed by atoms with Crippen LogP contribution in [0.1, 0.15) is 46.5 Å². The predicted octanol–water partition coefficient (Wildman–Crippen LogP) is 3.37. The Morgan fingerprint density at radius 3 is 2.50 bits per heavy atom. The van der Waals surface area contributed by atoms with E-state index in [4.69, 9.17) is 8.92 Å². The Labute approximate surface area is 161 Å². The first-order valence-corrected chi connectivity index (χ1v) is 10.8. The van der Waals surface area contributed by atoms with Gasteiger partial charge in [0.25, 0.3) is 0 Å². The number of rotatable bonds is 11. The first-order valence-electron chi connectivity index (χ1n) is 9.77. The largest absolute Gasteiger partial charge is 0.488 e. The second-order valence-electron chi connectivity index (χ2n) is 7.44. The van der Waals surface area contributed by atoms with Crippen molar-refractivity contribution in [3.05, 3.63) is 24.3 Å². The number of nitrogens with one attached hydrogen (secondary N) is 1. The van der Waals surface area contributed by atoms with Crippen LogP contribution in [0.2, 0.25) is 0 Å². The lowest BCUT2D eigenvalue weighted by molar-refractivity contribution is 0.0808. The molecule has 1 aliphatic rings. The molecule has 0 spiro atoms. The predicted molar refractivity (Wildman–Crippen MR) is 107 cm³/mol. The maximum Gasteiger partial charge on any atom is 0.189 e. The average Bonchev–Trinajstić information content (AvgIpc) is 2.65. The van der Waals surface area contributed by atoms with Gasteiger partial charge in [0, 0.05) is 32.7 Å². The third kappa shape index (κ3) is 7.74. The van der Waals surface area contributed by atoms with Crippen molar-refractivity contribution >= 4 is 11.1 Å². The third-order valence-corrected chi connectivity index (χ3v) is 5.63. The van der Waals surface area contributed by atoms with E-state index in [0.29, 0.717) is 11.5 Å². The molecule has 1 saturated heterocycles. The van der Waals surface area contributed by atoms with E-state index in [-0.39, 0.29) is 5.60 Å². The molecule has 0 bridgehead atoms. The number of unbranched alkanes of at least 4 members (excludes halogenated alkanes) is 2. The minimum absolute atomic E-state index is 0.234. The highest BCUT2D eigenvalue weighted by atomic mass is 32.2. The number of ether oxygens (including phenoxy) is 1. The smallest absolute Gasteiger partial charge is 0.189 e. The van der Waals surface area contributed by atoms with Crippen molar-refractivity contribution in [2.45, 2.75) is 57.0 Å². The zero-order valence-electron chi connectivity index (χ0n) is 16.5. The van der Waals surface area contributed by atoms with Crippen molar-refractivity contribution in [1.29, 1.82) is 0 Å². The molecule has 1 heterocycles. The van der Waals surface area contributed by atoms with Crippen LogP contribution in [0.15, 0.2) is 29.2 Å². The fourth-order valence-corrected chi connectivity index (χ4v) is 3.67. The van der Waals surface area contributed by atoms with Gasteiger partial charge in [-0.25, -0.2) is 4.21 Å². The van der Waals surface area contributed by atoms with Crippen LogP contribution in [0.4, 0.5) is 0 Å². The van der Waals surface area contributed by atoms with E-state index < -0.39 is 11.1 Å². The van der Waals surface area contributed by atoms with Crippen LogP contribution in [0.25, 0.3) is 0 Å². The summed E-state index contributed by atoms with van der Waals surface area (Å²) in [7, 11) is 0. The van der Waals surface area contributed by atoms with Gasteiger partial charge in [-0.1, -0.05) is 19.8 Å². The number of benzene rings is 1. The van der Waals surface area contributed by atoms with Crippen LogP contribution in [0.3, 0.4) is 0 Å². The van der Waals surface area contributed by atoms with Gasteiger partial charge in [-0.15, -0.1) is 0 Å². The molecule has 26 heavy (non-hydrogen) atoms. The molecule has 0 amide bonds. The molecule has 2 rings (SSSR count). The van der Waals surface area contributed by atoms with Gasteiger partial charge < -0.3 is 15.0 Å². The summed E-state index contributed by atoms with van der Waals surface area (Å²) in [5, 5.41) is 3.38. The summed E-state index contributed by atoms with van der Waals surface area (Å²) in [5.74, 6) is 0.807. The molecule has 1 aromatic carbocycles. The van der Waals surface area contributed by atoms with Crippen molar-refractivity contribution in [2.24, 2.45) is 0 Å². The first-order chi connectivity index (χ1) is 12.5. The van der Waals surface area contributed by atoms with Gasteiger partial charge in [-0.3, -0.25) is 4.18 Å². The van der Waals surface area contributed by atoms with E-state index in [2.05, 4.69) is 31.0 Å². The summed E-state index contributed by atoms with van der Waals surface area (Å²) in [5.41, 5.74) is -0.234. The summed E-state index contributed by atoms with van der Waals surface area (Å²) in [4.78, 5) is 3.16. The normalized spacial score (nSPS) is 17.2. The molecule has 1 aliphatic heterocycles. The fourth-order valence-electron chi connectivity index (χ4n) is 2.91. The molecule has 1 fully saturated rings. The molecule has 1 aromatic rings. The number of hydrogen-bond acceptors (Lipinski definition) is 5. The van der Waals surface area contributed by atoms with E-state index in [9.17, 15) is 4.21 Å². The van der Waals surface area contributed by atoms with E-state index in [1.165, 1.54) is 0 Å². The summed E-state index contributed by atoms with van der Waals surface area (Å²) in [6, 6.07) is 7.43. The van der Waals surface area contributed by atoms with Crippen molar-refractivity contribution in [1.82, 2.24) is 10.2 Å². The van der Waals surface area contributed by atoms with Crippen molar-refractivity contribution in [2.75, 3.05) is 39.3 Å². The highest BCUT2D eigenvalue weighted by Gasteiger charge is 2.22. The lowest BCUT2D eigenvalue weighted by Crippen LogP contribution is -2.45. The molecule has 0 radical (unpaired) electrons. The van der Waals surface area contributed by atoms with Crippen LogP contribution in [0, 0.1) is 0 Å². The summed E-state index contributed by atoms with van der Waals surface area (Å²) < 4.78 is 23.7. The average molecular weight is 383 g/mol. The quantitative estimate of drug-likeness (QED) is 0.595. The standard InChI is InChI=1S/C20H34N2O3S/c1-4-5-6-17-24-26(23)19-9-7-18(8-10-19)25-20(2,3)11-14-22-15-12-21-13-16-22/h7-10,21H,4-6,11-17H2,1-3H3. The minimum atomic E-state index is -1.39. The van der Waals surface area contributed by atoms with Crippen molar-refractivity contribution in [3.63, 3.8) is 0 Å².